The predicted octanol–water partition coefficient (Wildman–Crippen LogP) is 0.968. The topological polar surface area (TPSA) is 127 Å². The second kappa shape index (κ2) is 6.86. The normalized spacial score (nSPS) is 15.3. The molecule has 0 saturated carbocycles. The molecule has 0 saturated heterocycles. The third-order valence-electron chi connectivity index (χ3n) is 2.61. The van der Waals surface area contributed by atoms with E-state index < -0.39 is 29.2 Å². The summed E-state index contributed by atoms with van der Waals surface area (Å²) in [5.74, 6) is -1.08. The summed E-state index contributed by atoms with van der Waals surface area (Å²) in [5, 5.41) is 2.11. The lowest BCUT2D eigenvalue weighted by atomic mass is 10.1. The van der Waals surface area contributed by atoms with Crippen molar-refractivity contribution in [2.45, 2.75) is 13.3 Å². The third-order valence-corrected chi connectivity index (χ3v) is 2.85. The first-order chi connectivity index (χ1) is 12.3. The van der Waals surface area contributed by atoms with Crippen LogP contribution in [0.15, 0.2) is 18.3 Å². The predicted molar refractivity (Wildman–Crippen MR) is 80.5 cm³/mol. The second-order valence-electron chi connectivity index (χ2n) is 4.26. The molecule has 23 heavy (non-hydrogen) atoms. The number of nitrogens with one attached hydrogen (secondary N) is 2. The molecule has 0 spiro atoms. The van der Waals surface area contributed by atoms with Gasteiger partial charge in [-0.1, -0.05) is 0 Å². The first-order valence-electron chi connectivity index (χ1n) is 8.10. The number of methoxy groups -OCH3 is 1. The lowest BCUT2D eigenvalue weighted by molar-refractivity contribution is -0.118. The largest absolute Gasteiger partial charge is 0.493 e. The number of amides is 1. The Balaban J connectivity index is 2.53. The molecule has 0 unspecified atom stereocenters. The Morgan fingerprint density at radius 3 is 2.78 bits per heavy atom. The van der Waals surface area contributed by atoms with Gasteiger partial charge >= 0.3 is 10.4 Å². The van der Waals surface area contributed by atoms with Crippen molar-refractivity contribution in [1.82, 2.24) is 10.3 Å². The SMILES string of the molecule is [2H]C([2H])(NC(C)=O)C([2H])([2H])c1c[nH]c2cc(OOS(=O)(=O)O)c(OC)cc12. The first-order valence-corrected chi connectivity index (χ1v) is 7.47. The number of hydrogen-bond donors (Lipinski definition) is 3. The molecule has 126 valence electrons. The maximum Gasteiger partial charge on any atom is 0.432 e. The van der Waals surface area contributed by atoms with E-state index in [1.807, 2.05) is 5.32 Å². The average molecular weight is 348 g/mol. The van der Waals surface area contributed by atoms with Crippen LogP contribution in [-0.4, -0.2) is 37.5 Å². The Bertz CT molecular complexity index is 974. The molecule has 1 aromatic carbocycles. The zero-order chi connectivity index (χ0) is 20.6. The monoisotopic (exact) mass is 348 g/mol. The maximum absolute atomic E-state index is 11.2. The number of fused-ring (bicyclic) bond motifs is 1. The number of hydrogen-bond acceptors (Lipinski definition) is 6. The quantitative estimate of drug-likeness (QED) is 0.386. The van der Waals surface area contributed by atoms with E-state index >= 15 is 0 Å². The Kier molecular flexibility index (Phi) is 3.63. The third kappa shape index (κ3) is 4.58. The number of aromatic amines is 1. The highest BCUT2D eigenvalue weighted by molar-refractivity contribution is 7.80. The molecule has 0 bridgehead atoms. The van der Waals surface area contributed by atoms with Crippen LogP contribution in [0.4, 0.5) is 0 Å². The minimum atomic E-state index is -4.89. The summed E-state index contributed by atoms with van der Waals surface area (Å²) >= 11 is 0. The van der Waals surface area contributed by atoms with Gasteiger partial charge in [-0.3, -0.25) is 9.35 Å². The first kappa shape index (κ1) is 12.2. The molecule has 3 N–H and O–H groups in total. The molecule has 1 heterocycles. The van der Waals surface area contributed by atoms with Gasteiger partial charge in [-0.15, -0.1) is 0 Å². The van der Waals surface area contributed by atoms with Crippen LogP contribution in [0.3, 0.4) is 0 Å². The molecule has 0 atom stereocenters. The summed E-state index contributed by atoms with van der Waals surface area (Å²) in [6.07, 6.45) is -1.45. The van der Waals surface area contributed by atoms with Crippen molar-refractivity contribution in [3.05, 3.63) is 23.9 Å². The minimum Gasteiger partial charge on any atom is -0.493 e. The number of rotatable bonds is 7. The van der Waals surface area contributed by atoms with E-state index in [1.54, 1.807) is 0 Å². The molecule has 1 amide bonds. The van der Waals surface area contributed by atoms with Crippen molar-refractivity contribution >= 4 is 27.2 Å². The summed E-state index contributed by atoms with van der Waals surface area (Å²) < 4.78 is 70.7. The van der Waals surface area contributed by atoms with E-state index in [2.05, 4.69) is 14.2 Å². The maximum atomic E-state index is 11.2. The molecule has 0 fully saturated rings. The van der Waals surface area contributed by atoms with Crippen molar-refractivity contribution in [3.8, 4) is 11.5 Å². The van der Waals surface area contributed by atoms with Crippen LogP contribution in [-0.2, 0) is 25.9 Å². The highest BCUT2D eigenvalue weighted by atomic mass is 32.3. The van der Waals surface area contributed by atoms with Gasteiger partial charge in [0.1, 0.15) is 0 Å². The summed E-state index contributed by atoms with van der Waals surface area (Å²) in [4.78, 5) is 18.4. The fourth-order valence-corrected chi connectivity index (χ4v) is 1.88. The number of ether oxygens (including phenoxy) is 1. The fraction of sp³-hybridized carbons (Fsp3) is 0.308. The van der Waals surface area contributed by atoms with E-state index in [4.69, 9.17) is 14.8 Å². The molecule has 2 aromatic rings. The number of aryl methyl sites for hydroxylation is 1. The van der Waals surface area contributed by atoms with Crippen molar-refractivity contribution in [3.63, 3.8) is 0 Å². The molecule has 0 aliphatic rings. The van der Waals surface area contributed by atoms with Crippen molar-refractivity contribution in [1.29, 1.82) is 0 Å². The van der Waals surface area contributed by atoms with Crippen LogP contribution < -0.4 is 14.9 Å². The summed E-state index contributed by atoms with van der Waals surface area (Å²) in [6, 6.07) is 2.46. The van der Waals surface area contributed by atoms with Gasteiger partial charge in [0.15, 0.2) is 5.75 Å². The molecule has 1 aromatic heterocycles. The number of aromatic nitrogens is 1. The highest BCUT2D eigenvalue weighted by Crippen LogP contribution is 2.34. The van der Waals surface area contributed by atoms with E-state index in [9.17, 15) is 13.2 Å². The van der Waals surface area contributed by atoms with Gasteiger partial charge in [0.2, 0.25) is 11.7 Å². The van der Waals surface area contributed by atoms with Gasteiger partial charge in [0.05, 0.1) is 7.11 Å². The Morgan fingerprint density at radius 2 is 2.17 bits per heavy atom. The second-order valence-corrected chi connectivity index (χ2v) is 5.25. The van der Waals surface area contributed by atoms with Crippen LogP contribution in [0.2, 0.25) is 0 Å². The highest BCUT2D eigenvalue weighted by Gasteiger charge is 2.15. The minimum absolute atomic E-state index is 0.0807. The van der Waals surface area contributed by atoms with Gasteiger partial charge in [0.25, 0.3) is 0 Å². The van der Waals surface area contributed by atoms with E-state index in [0.29, 0.717) is 0 Å². The van der Waals surface area contributed by atoms with Gasteiger partial charge in [-0.25, -0.2) is 0 Å². The summed E-state index contributed by atoms with van der Waals surface area (Å²) in [6.45, 7) is -1.67. The molecule has 0 aliphatic heterocycles. The Morgan fingerprint density at radius 1 is 1.43 bits per heavy atom. The molecule has 0 aliphatic carbocycles. The molecular weight excluding hydrogens is 328 g/mol. The zero-order valence-electron chi connectivity index (χ0n) is 16.0. The summed E-state index contributed by atoms with van der Waals surface area (Å²) in [7, 11) is -3.67. The van der Waals surface area contributed by atoms with Gasteiger partial charge in [0, 0.05) is 42.1 Å². The Hall–Kier alpha value is -2.30. The number of H-pyrrole nitrogens is 1. The standard InChI is InChI=1S/C13H16N2O7S/c1-8(16)14-4-3-9-7-15-11-6-13(21-22-23(17,18)19)12(20-2)5-10(9)11/h5-7,15H,3-4H2,1-2H3,(H,14,16)(H,17,18,19)/i3D2,4D2. The van der Waals surface area contributed by atoms with Gasteiger partial charge in [-0.05, 0) is 22.3 Å². The van der Waals surface area contributed by atoms with Crippen LogP contribution in [0.25, 0.3) is 10.9 Å². The zero-order valence-corrected chi connectivity index (χ0v) is 12.9. The average Bonchev–Trinajstić information content (AvgIpc) is 2.93. The van der Waals surface area contributed by atoms with Gasteiger partial charge < -0.3 is 19.9 Å². The number of carbonyl (C=O) groups excluding carboxylic acids is 1. The lowest BCUT2D eigenvalue weighted by Gasteiger charge is -2.08. The van der Waals surface area contributed by atoms with Crippen molar-refractivity contribution in [2.24, 2.45) is 0 Å². The van der Waals surface area contributed by atoms with Crippen LogP contribution in [0.5, 0.6) is 11.5 Å². The van der Waals surface area contributed by atoms with Crippen molar-refractivity contribution < 1.29 is 37.2 Å². The molecule has 9 nitrogen and oxygen atoms in total. The molecule has 2 rings (SSSR count). The van der Waals surface area contributed by atoms with Crippen LogP contribution >= 0.6 is 0 Å². The fourth-order valence-electron chi connectivity index (χ4n) is 1.72. The summed E-state index contributed by atoms with van der Waals surface area (Å²) in [5.41, 5.74) is 0.0963. The van der Waals surface area contributed by atoms with Crippen molar-refractivity contribution in [2.75, 3.05) is 13.6 Å². The number of benzene rings is 1. The van der Waals surface area contributed by atoms with E-state index in [-0.39, 0.29) is 28.0 Å². The van der Waals surface area contributed by atoms with E-state index in [1.165, 1.54) is 25.4 Å². The lowest BCUT2D eigenvalue weighted by Crippen LogP contribution is -2.22. The molecule has 0 radical (unpaired) electrons. The van der Waals surface area contributed by atoms with Crippen LogP contribution in [0, 0.1) is 0 Å². The Labute approximate surface area is 138 Å². The van der Waals surface area contributed by atoms with E-state index in [0.717, 1.165) is 6.92 Å². The van der Waals surface area contributed by atoms with Crippen LogP contribution in [0.1, 0.15) is 18.0 Å². The molecule has 10 heteroatoms. The smallest absolute Gasteiger partial charge is 0.432 e. The molecular formula is C13H16N2O7S. The van der Waals surface area contributed by atoms with Gasteiger partial charge in [-0.2, -0.15) is 8.42 Å². The number of carbonyl (C=O) groups is 1.